The van der Waals surface area contributed by atoms with Gasteiger partial charge in [-0.25, -0.2) is 0 Å². The number of pyridine rings is 1. The third kappa shape index (κ3) is 2.80. The van der Waals surface area contributed by atoms with Gasteiger partial charge in [-0.05, 0) is 43.2 Å². The number of aromatic nitrogens is 1. The van der Waals surface area contributed by atoms with Crippen molar-refractivity contribution in [2.75, 3.05) is 6.54 Å². The van der Waals surface area contributed by atoms with E-state index in [2.05, 4.69) is 4.98 Å². The Kier molecular flexibility index (Phi) is 4.09. The highest BCUT2D eigenvalue weighted by molar-refractivity contribution is 6.21. The second-order valence-corrected chi connectivity index (χ2v) is 6.37. The minimum absolute atomic E-state index is 0.204. The van der Waals surface area contributed by atoms with Crippen molar-refractivity contribution in [3.8, 4) is 0 Å². The SMILES string of the molecule is Cc1cc(C=CCCN2C(=O)c3ccccc3C2=O)c2ccccc2n1. The molecule has 0 saturated heterocycles. The molecule has 4 heteroatoms. The molecule has 4 nitrogen and oxygen atoms in total. The topological polar surface area (TPSA) is 50.3 Å². The van der Waals surface area contributed by atoms with Crippen molar-refractivity contribution in [1.82, 2.24) is 9.88 Å². The highest BCUT2D eigenvalue weighted by Gasteiger charge is 2.34. The average molecular weight is 342 g/mol. The zero-order valence-corrected chi connectivity index (χ0v) is 14.5. The van der Waals surface area contributed by atoms with Crippen molar-refractivity contribution >= 4 is 28.8 Å². The molecule has 0 unspecified atom stereocenters. The van der Waals surface area contributed by atoms with E-state index >= 15 is 0 Å². The highest BCUT2D eigenvalue weighted by atomic mass is 16.2. The molecule has 1 aromatic heterocycles. The molecule has 0 radical (unpaired) electrons. The van der Waals surface area contributed by atoms with Crippen LogP contribution in [0.25, 0.3) is 17.0 Å². The molecule has 0 aliphatic carbocycles. The van der Waals surface area contributed by atoms with Crippen LogP contribution in [0.5, 0.6) is 0 Å². The van der Waals surface area contributed by atoms with Gasteiger partial charge >= 0.3 is 0 Å². The van der Waals surface area contributed by atoms with E-state index in [4.69, 9.17) is 0 Å². The monoisotopic (exact) mass is 342 g/mol. The number of benzene rings is 2. The first-order chi connectivity index (χ1) is 12.6. The van der Waals surface area contributed by atoms with Crippen LogP contribution in [0.3, 0.4) is 0 Å². The van der Waals surface area contributed by atoms with E-state index in [9.17, 15) is 9.59 Å². The first kappa shape index (κ1) is 16.2. The van der Waals surface area contributed by atoms with Crippen LogP contribution in [0, 0.1) is 6.92 Å². The maximum atomic E-state index is 12.4. The fourth-order valence-corrected chi connectivity index (χ4v) is 3.33. The summed E-state index contributed by atoms with van der Waals surface area (Å²) in [4.78, 5) is 30.6. The van der Waals surface area contributed by atoms with Crippen LogP contribution in [0.4, 0.5) is 0 Å². The summed E-state index contributed by atoms with van der Waals surface area (Å²) >= 11 is 0. The van der Waals surface area contributed by atoms with Crippen LogP contribution in [-0.4, -0.2) is 28.2 Å². The second kappa shape index (κ2) is 6.56. The van der Waals surface area contributed by atoms with E-state index in [-0.39, 0.29) is 11.8 Å². The quantitative estimate of drug-likeness (QED) is 0.666. The van der Waals surface area contributed by atoms with Gasteiger partial charge in [-0.3, -0.25) is 19.5 Å². The van der Waals surface area contributed by atoms with Gasteiger partial charge in [0, 0.05) is 17.6 Å². The van der Waals surface area contributed by atoms with Crippen molar-refractivity contribution < 1.29 is 9.59 Å². The Balaban J connectivity index is 1.49. The predicted octanol–water partition coefficient (Wildman–Crippen LogP) is 4.24. The van der Waals surface area contributed by atoms with E-state index in [0.29, 0.717) is 24.1 Å². The highest BCUT2D eigenvalue weighted by Crippen LogP contribution is 2.23. The number of imide groups is 1. The number of hydrogen-bond donors (Lipinski definition) is 0. The van der Waals surface area contributed by atoms with Crippen molar-refractivity contribution in [1.29, 1.82) is 0 Å². The Morgan fingerprint density at radius 1 is 0.962 bits per heavy atom. The largest absolute Gasteiger partial charge is 0.274 e. The zero-order chi connectivity index (χ0) is 18.1. The fourth-order valence-electron chi connectivity index (χ4n) is 3.33. The molecule has 2 aromatic carbocycles. The molecule has 2 amide bonds. The molecular formula is C22H18N2O2. The Hall–Kier alpha value is -3.27. The van der Waals surface area contributed by atoms with Gasteiger partial charge in [0.2, 0.25) is 0 Å². The summed E-state index contributed by atoms with van der Waals surface area (Å²) in [7, 11) is 0. The number of hydrogen-bond acceptors (Lipinski definition) is 3. The fraction of sp³-hybridized carbons (Fsp3) is 0.136. The Labute approximate surface area is 151 Å². The van der Waals surface area contributed by atoms with E-state index in [1.807, 2.05) is 49.4 Å². The molecule has 1 aliphatic heterocycles. The molecule has 0 spiro atoms. The van der Waals surface area contributed by atoms with E-state index in [0.717, 1.165) is 22.2 Å². The molecule has 4 rings (SSSR count). The lowest BCUT2D eigenvalue weighted by Gasteiger charge is -2.12. The van der Waals surface area contributed by atoms with Gasteiger partial charge in [-0.1, -0.05) is 42.5 Å². The Bertz CT molecular complexity index is 1020. The molecule has 0 saturated carbocycles. The number of fused-ring (bicyclic) bond motifs is 2. The molecule has 0 fully saturated rings. The van der Waals surface area contributed by atoms with Gasteiger partial charge in [0.15, 0.2) is 0 Å². The van der Waals surface area contributed by atoms with Gasteiger partial charge < -0.3 is 0 Å². The number of nitrogens with zero attached hydrogens (tertiary/aromatic N) is 2. The lowest BCUT2D eigenvalue weighted by atomic mass is 10.1. The van der Waals surface area contributed by atoms with Gasteiger partial charge in [0.1, 0.15) is 0 Å². The minimum Gasteiger partial charge on any atom is -0.274 e. The minimum atomic E-state index is -0.204. The smallest absolute Gasteiger partial charge is 0.261 e. The number of amides is 2. The molecule has 2 heterocycles. The standard InChI is InChI=1S/C22H18N2O2/c1-15-14-16(17-9-4-5-12-20(17)23-15)8-6-7-13-24-21(25)18-10-2-3-11-19(18)22(24)26/h2-6,8-12,14H,7,13H2,1H3. The molecule has 3 aromatic rings. The lowest BCUT2D eigenvalue weighted by Crippen LogP contribution is -2.30. The van der Waals surface area contributed by atoms with Crippen molar-refractivity contribution in [3.05, 3.63) is 83.1 Å². The Morgan fingerprint density at radius 2 is 1.62 bits per heavy atom. The predicted molar refractivity (Wildman–Crippen MR) is 102 cm³/mol. The van der Waals surface area contributed by atoms with Gasteiger partial charge in [-0.15, -0.1) is 0 Å². The molecule has 0 bridgehead atoms. The lowest BCUT2D eigenvalue weighted by molar-refractivity contribution is 0.0657. The zero-order valence-electron chi connectivity index (χ0n) is 14.5. The normalized spacial score (nSPS) is 13.8. The van der Waals surface area contributed by atoms with Crippen LogP contribution in [-0.2, 0) is 0 Å². The molecular weight excluding hydrogens is 324 g/mol. The van der Waals surface area contributed by atoms with E-state index in [1.54, 1.807) is 24.3 Å². The van der Waals surface area contributed by atoms with Crippen molar-refractivity contribution in [2.24, 2.45) is 0 Å². The van der Waals surface area contributed by atoms with Gasteiger partial charge in [0.25, 0.3) is 11.8 Å². The number of para-hydroxylation sites is 1. The number of aryl methyl sites for hydroxylation is 1. The van der Waals surface area contributed by atoms with Crippen molar-refractivity contribution in [2.45, 2.75) is 13.3 Å². The third-order valence-electron chi connectivity index (χ3n) is 4.57. The summed E-state index contributed by atoms with van der Waals surface area (Å²) in [5.41, 5.74) is 4.01. The summed E-state index contributed by atoms with van der Waals surface area (Å²) in [5.74, 6) is -0.409. The summed E-state index contributed by atoms with van der Waals surface area (Å²) in [6.07, 6.45) is 4.65. The number of rotatable bonds is 4. The maximum Gasteiger partial charge on any atom is 0.261 e. The van der Waals surface area contributed by atoms with Crippen molar-refractivity contribution in [3.63, 3.8) is 0 Å². The van der Waals surface area contributed by atoms with Crippen LogP contribution >= 0.6 is 0 Å². The summed E-state index contributed by atoms with van der Waals surface area (Å²) in [6, 6.07) is 17.0. The molecule has 0 atom stereocenters. The number of carbonyl (C=O) groups excluding carboxylic acids is 2. The Morgan fingerprint density at radius 3 is 2.35 bits per heavy atom. The van der Waals surface area contributed by atoms with Crippen LogP contribution < -0.4 is 0 Å². The summed E-state index contributed by atoms with van der Waals surface area (Å²) in [5, 5.41) is 1.09. The number of carbonyl (C=O) groups is 2. The van der Waals surface area contributed by atoms with E-state index < -0.39 is 0 Å². The summed E-state index contributed by atoms with van der Waals surface area (Å²) in [6.45, 7) is 2.35. The second-order valence-electron chi connectivity index (χ2n) is 6.37. The van der Waals surface area contributed by atoms with Crippen LogP contribution in [0.2, 0.25) is 0 Å². The first-order valence-electron chi connectivity index (χ1n) is 8.63. The third-order valence-corrected chi connectivity index (χ3v) is 4.57. The average Bonchev–Trinajstić information content (AvgIpc) is 2.90. The molecule has 0 N–H and O–H groups in total. The summed E-state index contributed by atoms with van der Waals surface area (Å²) < 4.78 is 0. The molecule has 1 aliphatic rings. The van der Waals surface area contributed by atoms with Crippen LogP contribution in [0.15, 0.2) is 60.7 Å². The van der Waals surface area contributed by atoms with Crippen LogP contribution in [0.1, 0.15) is 38.4 Å². The maximum absolute atomic E-state index is 12.4. The molecule has 26 heavy (non-hydrogen) atoms. The van der Waals surface area contributed by atoms with E-state index in [1.165, 1.54) is 4.90 Å². The first-order valence-corrected chi connectivity index (χ1v) is 8.63. The van der Waals surface area contributed by atoms with Gasteiger partial charge in [-0.2, -0.15) is 0 Å². The molecule has 128 valence electrons. The van der Waals surface area contributed by atoms with Gasteiger partial charge in [0.05, 0.1) is 16.6 Å².